The Bertz CT molecular complexity index is 1150. The molecule has 0 radical (unpaired) electrons. The molecule has 1 fully saturated rings. The summed E-state index contributed by atoms with van der Waals surface area (Å²) in [5.41, 5.74) is 3.43. The van der Waals surface area contributed by atoms with Crippen molar-refractivity contribution in [3.63, 3.8) is 0 Å². The molecule has 1 aromatic carbocycles. The van der Waals surface area contributed by atoms with E-state index < -0.39 is 7.12 Å². The van der Waals surface area contributed by atoms with E-state index in [1.54, 1.807) is 10.8 Å². The van der Waals surface area contributed by atoms with E-state index in [0.717, 1.165) is 16.6 Å². The fraction of sp³-hybridized carbons (Fsp3) is 0.333. The number of rotatable bonds is 5. The van der Waals surface area contributed by atoms with Crippen molar-refractivity contribution in [2.24, 2.45) is 4.99 Å². The SMILES string of the molecule is O=c1[nH]c2c(NC/N=C/c3ccc4c(c3)COB4O)ncnc2n1C1CC(O)C1. The molecule has 0 bridgehead atoms. The molecule has 1 aliphatic carbocycles. The Morgan fingerprint density at radius 1 is 1.41 bits per heavy atom. The number of imidazole rings is 1. The Kier molecular flexibility index (Phi) is 4.42. The molecule has 3 heterocycles. The monoisotopic (exact) mass is 394 g/mol. The van der Waals surface area contributed by atoms with Gasteiger partial charge in [0.25, 0.3) is 0 Å². The highest BCUT2D eigenvalue weighted by atomic mass is 16.5. The highest BCUT2D eigenvalue weighted by Gasteiger charge is 2.32. The Morgan fingerprint density at radius 2 is 2.28 bits per heavy atom. The first-order valence-electron chi connectivity index (χ1n) is 9.39. The summed E-state index contributed by atoms with van der Waals surface area (Å²) in [6.07, 6.45) is 3.86. The van der Waals surface area contributed by atoms with Crippen LogP contribution < -0.4 is 16.5 Å². The second-order valence-corrected chi connectivity index (χ2v) is 7.27. The molecule has 0 saturated heterocycles. The van der Waals surface area contributed by atoms with Gasteiger partial charge >= 0.3 is 12.8 Å². The van der Waals surface area contributed by atoms with Gasteiger partial charge in [-0.2, -0.15) is 0 Å². The maximum absolute atomic E-state index is 12.3. The summed E-state index contributed by atoms with van der Waals surface area (Å²) < 4.78 is 6.77. The highest BCUT2D eigenvalue weighted by Crippen LogP contribution is 2.33. The first kappa shape index (κ1) is 18.0. The summed E-state index contributed by atoms with van der Waals surface area (Å²) in [6, 6.07) is 5.59. The lowest BCUT2D eigenvalue weighted by atomic mass is 9.79. The number of aromatic amines is 1. The third-order valence-electron chi connectivity index (χ3n) is 5.37. The van der Waals surface area contributed by atoms with Crippen molar-refractivity contribution >= 4 is 35.8 Å². The second-order valence-electron chi connectivity index (χ2n) is 7.27. The number of benzene rings is 1. The minimum Gasteiger partial charge on any atom is -0.423 e. The summed E-state index contributed by atoms with van der Waals surface area (Å²) in [4.78, 5) is 27.9. The van der Waals surface area contributed by atoms with Crippen LogP contribution in [0.3, 0.4) is 0 Å². The van der Waals surface area contributed by atoms with E-state index in [1.165, 1.54) is 6.33 Å². The normalized spacial score (nSPS) is 21.0. The van der Waals surface area contributed by atoms with Gasteiger partial charge in [-0.25, -0.2) is 14.8 Å². The Labute approximate surface area is 165 Å². The molecular weight excluding hydrogens is 375 g/mol. The van der Waals surface area contributed by atoms with E-state index in [2.05, 4.69) is 25.3 Å². The topological polar surface area (TPSA) is 138 Å². The van der Waals surface area contributed by atoms with Crippen molar-refractivity contribution in [3.8, 4) is 0 Å². The van der Waals surface area contributed by atoms with Gasteiger partial charge in [-0.1, -0.05) is 12.1 Å². The number of aliphatic hydroxyl groups is 1. The Balaban J connectivity index is 1.31. The molecule has 1 saturated carbocycles. The number of aliphatic imine (C=N–C) groups is 1. The zero-order valence-corrected chi connectivity index (χ0v) is 15.4. The second kappa shape index (κ2) is 7.10. The van der Waals surface area contributed by atoms with Crippen LogP contribution in [0.1, 0.15) is 30.0 Å². The third-order valence-corrected chi connectivity index (χ3v) is 5.37. The standard InChI is InChI=1S/C18H19BN6O4/c26-13-4-12(5-13)25-17-15(24-18(25)27)16(22-9-23-17)21-8-20-6-10-1-2-14-11(3-10)7-29-19(14)28/h1-3,6,9,12-13,26,28H,4-5,7-8H2,(H,24,27)(H,21,22,23)/b20-6+. The minimum absolute atomic E-state index is 0.0469. The first-order valence-corrected chi connectivity index (χ1v) is 9.39. The van der Waals surface area contributed by atoms with Crippen molar-refractivity contribution in [1.82, 2.24) is 19.5 Å². The fourth-order valence-corrected chi connectivity index (χ4v) is 3.78. The van der Waals surface area contributed by atoms with Crippen molar-refractivity contribution in [1.29, 1.82) is 0 Å². The molecule has 0 spiro atoms. The molecule has 4 N–H and O–H groups in total. The van der Waals surface area contributed by atoms with Gasteiger partial charge in [0.1, 0.15) is 18.5 Å². The maximum atomic E-state index is 12.3. The van der Waals surface area contributed by atoms with Gasteiger partial charge in [0.05, 0.1) is 12.7 Å². The molecule has 0 atom stereocenters. The predicted molar refractivity (Wildman–Crippen MR) is 107 cm³/mol. The number of nitrogens with zero attached hydrogens (tertiary/aromatic N) is 4. The smallest absolute Gasteiger partial charge is 0.423 e. The molecule has 3 aromatic rings. The summed E-state index contributed by atoms with van der Waals surface area (Å²) in [5, 5.41) is 22.3. The van der Waals surface area contributed by atoms with E-state index in [-0.39, 0.29) is 24.5 Å². The largest absolute Gasteiger partial charge is 0.491 e. The van der Waals surface area contributed by atoms with Crippen LogP contribution in [0.4, 0.5) is 5.82 Å². The first-order chi connectivity index (χ1) is 14.1. The van der Waals surface area contributed by atoms with Crippen molar-refractivity contribution in [2.75, 3.05) is 12.0 Å². The Morgan fingerprint density at radius 3 is 3.10 bits per heavy atom. The van der Waals surface area contributed by atoms with Crippen molar-refractivity contribution in [2.45, 2.75) is 31.6 Å². The maximum Gasteiger partial charge on any atom is 0.491 e. The number of anilines is 1. The average Bonchev–Trinajstić information content (AvgIpc) is 3.22. The van der Waals surface area contributed by atoms with Gasteiger partial charge < -0.3 is 25.1 Å². The average molecular weight is 394 g/mol. The van der Waals surface area contributed by atoms with E-state index in [0.29, 0.717) is 36.4 Å². The van der Waals surface area contributed by atoms with E-state index >= 15 is 0 Å². The quantitative estimate of drug-likeness (QED) is 0.339. The summed E-state index contributed by atoms with van der Waals surface area (Å²) >= 11 is 0. The molecule has 11 heteroatoms. The van der Waals surface area contributed by atoms with E-state index in [1.807, 2.05) is 18.2 Å². The molecule has 29 heavy (non-hydrogen) atoms. The molecule has 2 aliphatic rings. The van der Waals surface area contributed by atoms with Gasteiger partial charge in [-0.05, 0) is 35.5 Å². The van der Waals surface area contributed by atoms with Gasteiger partial charge in [-0.3, -0.25) is 9.56 Å². The van der Waals surface area contributed by atoms with Gasteiger partial charge in [-0.15, -0.1) is 0 Å². The van der Waals surface area contributed by atoms with Crippen LogP contribution in [0.25, 0.3) is 11.2 Å². The summed E-state index contributed by atoms with van der Waals surface area (Å²) in [5.74, 6) is 0.494. The van der Waals surface area contributed by atoms with Gasteiger partial charge in [0, 0.05) is 12.3 Å². The van der Waals surface area contributed by atoms with Crippen LogP contribution in [0.15, 0.2) is 34.3 Å². The number of aromatic nitrogens is 4. The van der Waals surface area contributed by atoms with E-state index in [9.17, 15) is 14.9 Å². The zero-order chi connectivity index (χ0) is 20.0. The minimum atomic E-state index is -0.851. The van der Waals surface area contributed by atoms with Crippen LogP contribution in [0, 0.1) is 0 Å². The van der Waals surface area contributed by atoms with Crippen LogP contribution in [0.2, 0.25) is 0 Å². The molecule has 0 unspecified atom stereocenters. The van der Waals surface area contributed by atoms with Crippen molar-refractivity contribution < 1.29 is 14.8 Å². The highest BCUT2D eigenvalue weighted by molar-refractivity contribution is 6.61. The lowest BCUT2D eigenvalue weighted by molar-refractivity contribution is 0.0487. The van der Waals surface area contributed by atoms with Crippen LogP contribution in [-0.4, -0.2) is 55.8 Å². The van der Waals surface area contributed by atoms with Crippen molar-refractivity contribution in [3.05, 3.63) is 46.1 Å². The number of hydrogen-bond acceptors (Lipinski definition) is 8. The molecular formula is C18H19BN6O4. The lowest BCUT2D eigenvalue weighted by Crippen LogP contribution is -2.35. The lowest BCUT2D eigenvalue weighted by Gasteiger charge is -2.31. The predicted octanol–water partition coefficient (Wildman–Crippen LogP) is -0.478. The molecule has 10 nitrogen and oxygen atoms in total. The van der Waals surface area contributed by atoms with E-state index in [4.69, 9.17) is 4.65 Å². The number of hydrogen-bond donors (Lipinski definition) is 4. The molecule has 0 amide bonds. The summed E-state index contributed by atoms with van der Waals surface area (Å²) in [6.45, 7) is 0.648. The number of fused-ring (bicyclic) bond motifs is 2. The van der Waals surface area contributed by atoms with Crippen LogP contribution in [0.5, 0.6) is 0 Å². The zero-order valence-electron chi connectivity index (χ0n) is 15.4. The van der Waals surface area contributed by atoms with Gasteiger partial charge in [0.15, 0.2) is 11.5 Å². The fourth-order valence-electron chi connectivity index (χ4n) is 3.78. The Hall–Kier alpha value is -3.02. The summed E-state index contributed by atoms with van der Waals surface area (Å²) in [7, 11) is -0.851. The number of aliphatic hydroxyl groups excluding tert-OH is 1. The number of nitrogens with one attached hydrogen (secondary N) is 2. The van der Waals surface area contributed by atoms with Crippen LogP contribution in [-0.2, 0) is 11.3 Å². The number of H-pyrrole nitrogens is 1. The molecule has 1 aliphatic heterocycles. The molecule has 5 rings (SSSR count). The third kappa shape index (κ3) is 3.22. The van der Waals surface area contributed by atoms with Gasteiger partial charge in [0.2, 0.25) is 0 Å². The molecule has 148 valence electrons. The molecule has 2 aromatic heterocycles. The van der Waals surface area contributed by atoms with Crippen LogP contribution >= 0.6 is 0 Å².